The molecule has 0 N–H and O–H groups in total. The molecule has 0 amide bonds. The van der Waals surface area contributed by atoms with E-state index >= 15 is 0 Å². The van der Waals surface area contributed by atoms with E-state index in [-0.39, 0.29) is 0 Å². The van der Waals surface area contributed by atoms with E-state index in [1.807, 2.05) is 24.3 Å². The van der Waals surface area contributed by atoms with Crippen molar-refractivity contribution in [1.29, 1.82) is 0 Å². The van der Waals surface area contributed by atoms with Crippen LogP contribution in [0, 0.1) is 0 Å². The number of hydrogen-bond acceptors (Lipinski definition) is 5. The van der Waals surface area contributed by atoms with Gasteiger partial charge in [-0.2, -0.15) is 0 Å². The molecule has 0 aliphatic rings. The third kappa shape index (κ3) is 4.45. The SMILES string of the molecule is C=CC(=O)Oc1cccc(-c2ccc(-c3cccc(OC(=O)C(=C)C)c3)o2)c1. The highest BCUT2D eigenvalue weighted by molar-refractivity contribution is 5.89. The lowest BCUT2D eigenvalue weighted by Crippen LogP contribution is -2.07. The summed E-state index contributed by atoms with van der Waals surface area (Å²) in [6.45, 7) is 8.54. The third-order valence-corrected chi connectivity index (χ3v) is 3.79. The van der Waals surface area contributed by atoms with Crippen LogP contribution in [0.25, 0.3) is 22.6 Å². The Kier molecular flexibility index (Phi) is 5.56. The second kappa shape index (κ2) is 8.22. The molecule has 5 heteroatoms. The van der Waals surface area contributed by atoms with Crippen LogP contribution in [0.3, 0.4) is 0 Å². The van der Waals surface area contributed by atoms with Crippen molar-refractivity contribution in [2.45, 2.75) is 6.92 Å². The van der Waals surface area contributed by atoms with Crippen molar-refractivity contribution in [1.82, 2.24) is 0 Å². The quantitative estimate of drug-likeness (QED) is 0.338. The molecule has 0 saturated heterocycles. The maximum absolute atomic E-state index is 11.7. The fraction of sp³-hybridized carbons (Fsp3) is 0.0435. The molecule has 3 aromatic rings. The summed E-state index contributed by atoms with van der Waals surface area (Å²) < 4.78 is 16.3. The summed E-state index contributed by atoms with van der Waals surface area (Å²) in [5.74, 6) is 1.00. The second-order valence-corrected chi connectivity index (χ2v) is 6.01. The molecule has 0 bridgehead atoms. The minimum Gasteiger partial charge on any atom is -0.456 e. The summed E-state index contributed by atoms with van der Waals surface area (Å²) in [7, 11) is 0. The number of hydrogen-bond donors (Lipinski definition) is 0. The minimum absolute atomic E-state index is 0.322. The van der Waals surface area contributed by atoms with Gasteiger partial charge in [-0.3, -0.25) is 0 Å². The first-order chi connectivity index (χ1) is 13.5. The number of carbonyl (C=O) groups is 2. The Morgan fingerprint density at radius 1 is 0.893 bits per heavy atom. The largest absolute Gasteiger partial charge is 0.456 e. The van der Waals surface area contributed by atoms with E-state index in [1.165, 1.54) is 0 Å². The molecule has 140 valence electrons. The van der Waals surface area contributed by atoms with E-state index in [0.717, 1.165) is 17.2 Å². The van der Waals surface area contributed by atoms with Crippen LogP contribution < -0.4 is 9.47 Å². The molecule has 0 radical (unpaired) electrons. The maximum Gasteiger partial charge on any atom is 0.338 e. The van der Waals surface area contributed by atoms with E-state index in [9.17, 15) is 9.59 Å². The van der Waals surface area contributed by atoms with Gasteiger partial charge in [-0.05, 0) is 43.3 Å². The summed E-state index contributed by atoms with van der Waals surface area (Å²) in [5.41, 5.74) is 1.83. The van der Waals surface area contributed by atoms with Gasteiger partial charge in [0.15, 0.2) is 0 Å². The molecule has 0 fully saturated rings. The molecule has 0 atom stereocenters. The van der Waals surface area contributed by atoms with Crippen molar-refractivity contribution in [2.24, 2.45) is 0 Å². The molecule has 0 aliphatic heterocycles. The monoisotopic (exact) mass is 374 g/mol. The lowest BCUT2D eigenvalue weighted by Gasteiger charge is -2.05. The Balaban J connectivity index is 1.84. The highest BCUT2D eigenvalue weighted by Gasteiger charge is 2.11. The predicted octanol–water partition coefficient (Wildman–Crippen LogP) is 5.19. The van der Waals surface area contributed by atoms with Crippen LogP contribution in [0.5, 0.6) is 11.5 Å². The Bertz CT molecular complexity index is 1060. The first-order valence-electron chi connectivity index (χ1n) is 8.49. The normalized spacial score (nSPS) is 10.2. The Morgan fingerprint density at radius 3 is 1.93 bits per heavy atom. The van der Waals surface area contributed by atoms with Crippen LogP contribution >= 0.6 is 0 Å². The minimum atomic E-state index is -0.529. The van der Waals surface area contributed by atoms with Crippen molar-refractivity contribution in [2.75, 3.05) is 0 Å². The average molecular weight is 374 g/mol. The van der Waals surface area contributed by atoms with Crippen LogP contribution in [0.15, 0.2) is 89.9 Å². The van der Waals surface area contributed by atoms with Crippen LogP contribution in [0.2, 0.25) is 0 Å². The molecule has 0 unspecified atom stereocenters. The van der Waals surface area contributed by atoms with Gasteiger partial charge in [0.25, 0.3) is 0 Å². The van der Waals surface area contributed by atoms with Crippen LogP contribution in [-0.2, 0) is 9.59 Å². The van der Waals surface area contributed by atoms with Crippen molar-refractivity contribution in [3.8, 4) is 34.1 Å². The number of rotatable bonds is 6. The number of esters is 2. The Morgan fingerprint density at radius 2 is 1.43 bits per heavy atom. The van der Waals surface area contributed by atoms with Gasteiger partial charge in [0.05, 0.1) is 0 Å². The Hall–Kier alpha value is -3.86. The Labute approximate surface area is 162 Å². The summed E-state index contributed by atoms with van der Waals surface area (Å²) >= 11 is 0. The topological polar surface area (TPSA) is 65.7 Å². The van der Waals surface area contributed by atoms with Gasteiger partial charge in [-0.1, -0.05) is 37.4 Å². The van der Waals surface area contributed by atoms with E-state index < -0.39 is 11.9 Å². The summed E-state index contributed by atoms with van der Waals surface area (Å²) in [6.07, 6.45) is 1.10. The van der Waals surface area contributed by atoms with E-state index in [1.54, 1.807) is 43.3 Å². The molecule has 5 nitrogen and oxygen atoms in total. The predicted molar refractivity (Wildman–Crippen MR) is 106 cm³/mol. The highest BCUT2D eigenvalue weighted by Crippen LogP contribution is 2.31. The van der Waals surface area contributed by atoms with Crippen molar-refractivity contribution in [3.05, 3.63) is 85.5 Å². The molecule has 0 aliphatic carbocycles. The smallest absolute Gasteiger partial charge is 0.338 e. The fourth-order valence-electron chi connectivity index (χ4n) is 2.43. The van der Waals surface area contributed by atoms with Crippen LogP contribution in [0.4, 0.5) is 0 Å². The van der Waals surface area contributed by atoms with Gasteiger partial charge in [0.1, 0.15) is 23.0 Å². The van der Waals surface area contributed by atoms with Crippen molar-refractivity contribution >= 4 is 11.9 Å². The van der Waals surface area contributed by atoms with Gasteiger partial charge in [0.2, 0.25) is 0 Å². The molecule has 0 saturated carbocycles. The molecule has 2 aromatic carbocycles. The number of ether oxygens (including phenoxy) is 2. The van der Waals surface area contributed by atoms with E-state index in [4.69, 9.17) is 13.9 Å². The summed E-state index contributed by atoms with van der Waals surface area (Å²) in [5, 5.41) is 0. The number of benzene rings is 2. The van der Waals surface area contributed by atoms with Gasteiger partial charge in [0, 0.05) is 22.8 Å². The molecule has 0 spiro atoms. The maximum atomic E-state index is 11.7. The van der Waals surface area contributed by atoms with Gasteiger partial charge >= 0.3 is 11.9 Å². The van der Waals surface area contributed by atoms with Crippen molar-refractivity contribution in [3.63, 3.8) is 0 Å². The first kappa shape index (κ1) is 18.9. The van der Waals surface area contributed by atoms with Crippen LogP contribution in [0.1, 0.15) is 6.92 Å². The number of furan rings is 1. The van der Waals surface area contributed by atoms with E-state index in [0.29, 0.717) is 28.6 Å². The second-order valence-electron chi connectivity index (χ2n) is 6.01. The van der Waals surface area contributed by atoms with Gasteiger partial charge in [-0.15, -0.1) is 0 Å². The fourth-order valence-corrected chi connectivity index (χ4v) is 2.43. The summed E-state index contributed by atoms with van der Waals surface area (Å²) in [6, 6.07) is 17.6. The van der Waals surface area contributed by atoms with Crippen LogP contribution in [-0.4, -0.2) is 11.9 Å². The lowest BCUT2D eigenvalue weighted by atomic mass is 10.1. The molecule has 28 heavy (non-hydrogen) atoms. The first-order valence-corrected chi connectivity index (χ1v) is 8.49. The molecule has 3 rings (SSSR count). The van der Waals surface area contributed by atoms with Crippen molar-refractivity contribution < 1.29 is 23.5 Å². The highest BCUT2D eigenvalue weighted by atomic mass is 16.5. The van der Waals surface area contributed by atoms with Gasteiger partial charge < -0.3 is 13.9 Å². The summed E-state index contributed by atoms with van der Waals surface area (Å²) in [4.78, 5) is 23.1. The van der Waals surface area contributed by atoms with E-state index in [2.05, 4.69) is 13.2 Å². The zero-order chi connectivity index (χ0) is 20.1. The zero-order valence-electron chi connectivity index (χ0n) is 15.3. The standard InChI is InChI=1S/C23H18O5/c1-4-22(24)26-18-9-5-7-16(13-18)20-11-12-21(28-20)17-8-6-10-19(14-17)27-23(25)15(2)3/h4-14H,1-2H2,3H3. The molecule has 1 aromatic heterocycles. The third-order valence-electron chi connectivity index (χ3n) is 3.79. The van der Waals surface area contributed by atoms with Gasteiger partial charge in [-0.25, -0.2) is 9.59 Å². The molecular formula is C23H18O5. The lowest BCUT2D eigenvalue weighted by molar-refractivity contribution is -0.130. The molecular weight excluding hydrogens is 356 g/mol. The molecule has 1 heterocycles. The number of carbonyl (C=O) groups excluding carboxylic acids is 2. The average Bonchev–Trinajstić information content (AvgIpc) is 3.18. The zero-order valence-corrected chi connectivity index (χ0v) is 15.3.